The lowest BCUT2D eigenvalue weighted by Gasteiger charge is -2.46. The van der Waals surface area contributed by atoms with Crippen LogP contribution in [0.2, 0.25) is 0 Å². The van der Waals surface area contributed by atoms with Crippen molar-refractivity contribution in [2.24, 2.45) is 0 Å². The number of aliphatic hydroxyl groups excluding tert-OH is 2. The van der Waals surface area contributed by atoms with Gasteiger partial charge in [0.1, 0.15) is 18.2 Å². The molecule has 2 N–H and O–H groups in total. The van der Waals surface area contributed by atoms with E-state index in [9.17, 15) is 24.6 Å². The molecular formula is C26H27NO8. The number of hydrogen-bond acceptors (Lipinski definition) is 8. The van der Waals surface area contributed by atoms with Crippen molar-refractivity contribution < 1.29 is 38.8 Å². The molecule has 1 fully saturated rings. The maximum Gasteiger partial charge on any atom is 0.338 e. The molecule has 0 unspecified atom stereocenters. The first kappa shape index (κ1) is 24.7. The van der Waals surface area contributed by atoms with Crippen LogP contribution in [0.1, 0.15) is 43.9 Å². The lowest BCUT2D eigenvalue weighted by molar-refractivity contribution is -0.278. The Morgan fingerprint density at radius 3 is 2.29 bits per heavy atom. The monoisotopic (exact) mass is 481 g/mol. The fourth-order valence-electron chi connectivity index (χ4n) is 4.27. The van der Waals surface area contributed by atoms with Crippen LogP contribution in [0, 0.1) is 0 Å². The zero-order valence-corrected chi connectivity index (χ0v) is 19.0. The highest BCUT2D eigenvalue weighted by Gasteiger charge is 2.55. The number of amides is 2. The van der Waals surface area contributed by atoms with E-state index in [-0.39, 0.29) is 23.3 Å². The van der Waals surface area contributed by atoms with Crippen LogP contribution in [0.3, 0.4) is 0 Å². The van der Waals surface area contributed by atoms with Crippen molar-refractivity contribution >= 4 is 17.8 Å². The van der Waals surface area contributed by atoms with Gasteiger partial charge in [-0.2, -0.15) is 0 Å². The second-order valence-electron chi connectivity index (χ2n) is 8.27. The van der Waals surface area contributed by atoms with Crippen LogP contribution < -0.4 is 0 Å². The summed E-state index contributed by atoms with van der Waals surface area (Å²) in [5, 5.41) is 20.8. The molecule has 0 aliphatic carbocycles. The smallest absolute Gasteiger partial charge is 0.338 e. The third-order valence-electron chi connectivity index (χ3n) is 6.03. The molecule has 5 atom stereocenters. The van der Waals surface area contributed by atoms with Gasteiger partial charge in [0, 0.05) is 0 Å². The van der Waals surface area contributed by atoms with Gasteiger partial charge < -0.3 is 24.4 Å². The molecule has 4 rings (SSSR count). The van der Waals surface area contributed by atoms with Gasteiger partial charge in [-0.15, -0.1) is 6.58 Å². The second kappa shape index (κ2) is 10.9. The number of rotatable bonds is 9. The number of ether oxygens (including phenoxy) is 3. The van der Waals surface area contributed by atoms with E-state index >= 15 is 0 Å². The van der Waals surface area contributed by atoms with E-state index in [1.54, 1.807) is 36.4 Å². The molecule has 2 heterocycles. The Kier molecular flexibility index (Phi) is 7.72. The molecule has 184 valence electrons. The first-order chi connectivity index (χ1) is 17.0. The molecular weight excluding hydrogens is 454 g/mol. The number of aliphatic hydroxyl groups is 2. The minimum absolute atomic E-state index is 0.184. The molecule has 0 bridgehead atoms. The maximum absolute atomic E-state index is 13.3. The lowest BCUT2D eigenvalue weighted by atomic mass is 9.95. The van der Waals surface area contributed by atoms with Crippen LogP contribution in [-0.4, -0.2) is 76.8 Å². The molecule has 9 heteroatoms. The number of benzene rings is 2. The number of hydrogen-bond donors (Lipinski definition) is 2. The average Bonchev–Trinajstić information content (AvgIpc) is 3.13. The molecule has 2 aromatic rings. The summed E-state index contributed by atoms with van der Waals surface area (Å²) < 4.78 is 17.3. The Hall–Kier alpha value is -3.37. The van der Waals surface area contributed by atoms with Crippen molar-refractivity contribution in [3.05, 3.63) is 83.9 Å². The Bertz CT molecular complexity index is 1050. The van der Waals surface area contributed by atoms with Gasteiger partial charge in [-0.1, -0.05) is 36.4 Å². The van der Waals surface area contributed by atoms with Crippen LogP contribution >= 0.6 is 0 Å². The van der Waals surface area contributed by atoms with Crippen molar-refractivity contribution in [2.75, 3.05) is 13.2 Å². The molecule has 2 aliphatic rings. The van der Waals surface area contributed by atoms with Crippen LogP contribution in [0.25, 0.3) is 0 Å². The predicted molar refractivity (Wildman–Crippen MR) is 124 cm³/mol. The molecule has 1 saturated heterocycles. The van der Waals surface area contributed by atoms with Gasteiger partial charge in [0.15, 0.2) is 12.4 Å². The van der Waals surface area contributed by atoms with Crippen molar-refractivity contribution in [3.8, 4) is 0 Å². The normalized spacial score (nSPS) is 25.9. The van der Waals surface area contributed by atoms with E-state index in [1.807, 2.05) is 0 Å². The van der Waals surface area contributed by atoms with Crippen LogP contribution in [-0.2, 0) is 14.2 Å². The maximum atomic E-state index is 13.3. The van der Waals surface area contributed by atoms with E-state index < -0.39 is 55.0 Å². The van der Waals surface area contributed by atoms with Gasteiger partial charge in [-0.3, -0.25) is 14.5 Å². The van der Waals surface area contributed by atoms with Crippen molar-refractivity contribution in [1.82, 2.24) is 4.90 Å². The molecule has 0 saturated carbocycles. The number of fused-ring (bicyclic) bond motifs is 1. The third-order valence-corrected chi connectivity index (χ3v) is 6.03. The van der Waals surface area contributed by atoms with Crippen molar-refractivity contribution in [1.29, 1.82) is 0 Å². The summed E-state index contributed by atoms with van der Waals surface area (Å²) in [7, 11) is 0. The molecule has 2 amide bonds. The standard InChI is InChI=1S/C26H27NO8/c1-2-3-9-14-33-26-20(27-23(30)17-12-7-8-13-18(17)24(27)31)22(21(29)19(15-28)34-26)35-25(32)16-10-5-4-6-11-16/h2,4-8,10-13,19-22,26,28-29H,1,3,9,14-15H2/t19-,20-,21-,22-,26-/m1/s1. The van der Waals surface area contributed by atoms with Crippen molar-refractivity contribution in [3.63, 3.8) is 0 Å². The van der Waals surface area contributed by atoms with Gasteiger partial charge >= 0.3 is 5.97 Å². The fraction of sp³-hybridized carbons (Fsp3) is 0.346. The van der Waals surface area contributed by atoms with Gasteiger partial charge in [0.2, 0.25) is 0 Å². The van der Waals surface area contributed by atoms with E-state index in [4.69, 9.17) is 14.2 Å². The summed E-state index contributed by atoms with van der Waals surface area (Å²) in [5.41, 5.74) is 0.598. The van der Waals surface area contributed by atoms with E-state index in [1.165, 1.54) is 24.3 Å². The summed E-state index contributed by atoms with van der Waals surface area (Å²) in [6.07, 6.45) is -2.41. The first-order valence-corrected chi connectivity index (χ1v) is 11.4. The van der Waals surface area contributed by atoms with E-state index in [0.717, 1.165) is 4.90 Å². The first-order valence-electron chi connectivity index (χ1n) is 11.4. The zero-order valence-electron chi connectivity index (χ0n) is 19.0. The summed E-state index contributed by atoms with van der Waals surface area (Å²) in [6, 6.07) is 13.1. The molecule has 0 radical (unpaired) electrons. The second-order valence-corrected chi connectivity index (χ2v) is 8.27. The summed E-state index contributed by atoms with van der Waals surface area (Å²) in [4.78, 5) is 40.4. The number of imide groups is 1. The molecule has 0 aromatic heterocycles. The molecule has 35 heavy (non-hydrogen) atoms. The molecule has 2 aliphatic heterocycles. The van der Waals surface area contributed by atoms with E-state index in [0.29, 0.717) is 12.8 Å². The Morgan fingerprint density at radius 1 is 1.06 bits per heavy atom. The SMILES string of the molecule is C=CCCCO[C@@H]1O[C@H](CO)[C@@H](O)[C@H](OC(=O)c2ccccc2)[C@H]1N1C(=O)c2ccccc2C1=O. The predicted octanol–water partition coefficient (Wildman–Crippen LogP) is 1.94. The highest BCUT2D eigenvalue weighted by molar-refractivity contribution is 6.21. The topological polar surface area (TPSA) is 123 Å². The van der Waals surface area contributed by atoms with Gasteiger partial charge in [0.05, 0.1) is 29.9 Å². The van der Waals surface area contributed by atoms with Crippen molar-refractivity contribution in [2.45, 2.75) is 43.5 Å². The lowest BCUT2D eigenvalue weighted by Crippen LogP contribution is -2.66. The molecule has 9 nitrogen and oxygen atoms in total. The highest BCUT2D eigenvalue weighted by Crippen LogP contribution is 2.34. The molecule has 0 spiro atoms. The summed E-state index contributed by atoms with van der Waals surface area (Å²) in [5.74, 6) is -2.00. The van der Waals surface area contributed by atoms with Gasteiger partial charge in [-0.25, -0.2) is 4.79 Å². The minimum atomic E-state index is -1.53. The quantitative estimate of drug-likeness (QED) is 0.241. The fourth-order valence-corrected chi connectivity index (χ4v) is 4.27. The van der Waals surface area contributed by atoms with Crippen LogP contribution in [0.15, 0.2) is 67.3 Å². The number of allylic oxidation sites excluding steroid dienone is 1. The Balaban J connectivity index is 1.71. The summed E-state index contributed by atoms with van der Waals surface area (Å²) in [6.45, 7) is 3.26. The van der Waals surface area contributed by atoms with Gasteiger partial charge in [0.25, 0.3) is 11.8 Å². The van der Waals surface area contributed by atoms with Crippen LogP contribution in [0.4, 0.5) is 0 Å². The van der Waals surface area contributed by atoms with Crippen LogP contribution in [0.5, 0.6) is 0 Å². The Morgan fingerprint density at radius 2 is 1.69 bits per heavy atom. The number of esters is 1. The molecule has 2 aromatic carbocycles. The number of carbonyl (C=O) groups is 3. The zero-order chi connectivity index (χ0) is 24.9. The van der Waals surface area contributed by atoms with E-state index in [2.05, 4.69) is 6.58 Å². The highest BCUT2D eigenvalue weighted by atomic mass is 16.7. The average molecular weight is 482 g/mol. The minimum Gasteiger partial charge on any atom is -0.453 e. The summed E-state index contributed by atoms with van der Waals surface area (Å²) >= 11 is 0. The third kappa shape index (κ3) is 4.89. The number of carbonyl (C=O) groups excluding carboxylic acids is 3. The number of unbranched alkanes of at least 4 members (excludes halogenated alkanes) is 1. The number of nitrogens with zero attached hydrogens (tertiary/aromatic N) is 1. The Labute approximate surface area is 202 Å². The largest absolute Gasteiger partial charge is 0.453 e. The van der Waals surface area contributed by atoms with Gasteiger partial charge in [-0.05, 0) is 37.1 Å².